The van der Waals surface area contributed by atoms with Gasteiger partial charge in [0.05, 0.1) is 13.3 Å². The Hall–Kier alpha value is -5.24. The minimum absolute atomic E-state index is 0. The number of β-lactam (4-membered cyclic amide) rings is 1. The van der Waals surface area contributed by atoms with E-state index < -0.39 is 53.5 Å². The van der Waals surface area contributed by atoms with E-state index >= 15 is 0 Å². The molecule has 2 aliphatic heterocycles. The molecule has 3 aromatic rings. The lowest BCUT2D eigenvalue weighted by Crippen LogP contribution is -3.00. The van der Waals surface area contributed by atoms with Gasteiger partial charge in [-0.05, 0) is 62.0 Å². The number of thioether (sulfide) groups is 1. The van der Waals surface area contributed by atoms with Gasteiger partial charge in [-0.25, -0.2) is 18.5 Å². The van der Waals surface area contributed by atoms with Gasteiger partial charge in [0.1, 0.15) is 47.3 Å². The average Bonchev–Trinajstić information content (AvgIpc) is 3.65. The SMILES string of the molecule is [B]N(CCCN(C)C(=O)OC(C)(C)C)c1ccc[n+](CC2=C(C(=O)OCc3ccc(OC)cc3)N3C(=O)C(NC(=O)/C(=N\OCF)c4nsc(N)n4)C3SC2)c1N=CN(C)C.[I-]. The molecule has 1 fully saturated rings. The maximum absolute atomic E-state index is 14.1. The molecule has 2 radical (unpaired) electrons. The largest absolute Gasteiger partial charge is 1.00 e. The number of fused-ring (bicyclic) bond motifs is 1. The Morgan fingerprint density at radius 2 is 1.89 bits per heavy atom. The van der Waals surface area contributed by atoms with E-state index in [4.69, 9.17) is 32.9 Å². The zero-order valence-electron chi connectivity index (χ0n) is 35.2. The lowest BCUT2D eigenvalue weighted by molar-refractivity contribution is -0.675. The molecule has 1 saturated heterocycles. The fourth-order valence-corrected chi connectivity index (χ4v) is 7.74. The predicted octanol–water partition coefficient (Wildman–Crippen LogP) is -0.466. The van der Waals surface area contributed by atoms with Crippen LogP contribution in [0, 0.1) is 0 Å². The molecule has 3 N–H and O–H groups in total. The number of anilines is 2. The lowest BCUT2D eigenvalue weighted by atomic mass is 10.0. The van der Waals surface area contributed by atoms with Crippen molar-refractivity contribution in [2.24, 2.45) is 10.1 Å². The van der Waals surface area contributed by atoms with Crippen molar-refractivity contribution in [1.29, 1.82) is 0 Å². The highest BCUT2D eigenvalue weighted by molar-refractivity contribution is 8.00. The molecule has 0 saturated carbocycles. The van der Waals surface area contributed by atoms with Gasteiger partial charge in [0.15, 0.2) is 5.13 Å². The molecule has 2 aliphatic rings. The number of pyridine rings is 1. The van der Waals surface area contributed by atoms with E-state index in [1.54, 1.807) is 93.3 Å². The Balaban J connectivity index is 0.00000845. The number of rotatable bonds is 18. The molecule has 0 aliphatic carbocycles. The molecule has 5 rings (SSSR count). The van der Waals surface area contributed by atoms with Crippen LogP contribution in [0.2, 0.25) is 0 Å². The Morgan fingerprint density at radius 1 is 1.16 bits per heavy atom. The summed E-state index contributed by atoms with van der Waals surface area (Å²) >= 11 is 2.10. The van der Waals surface area contributed by atoms with Crippen LogP contribution in [-0.2, 0) is 41.8 Å². The van der Waals surface area contributed by atoms with E-state index in [1.807, 2.05) is 14.1 Å². The third-order valence-electron chi connectivity index (χ3n) is 8.83. The molecule has 0 spiro atoms. The number of nitrogen functional groups attached to an aromatic ring is 1. The first-order valence-corrected chi connectivity index (χ1v) is 20.7. The van der Waals surface area contributed by atoms with Crippen molar-refractivity contribution in [3.63, 3.8) is 0 Å². The summed E-state index contributed by atoms with van der Waals surface area (Å²) in [5, 5.41) is 5.41. The van der Waals surface area contributed by atoms with Gasteiger partial charge in [-0.3, -0.25) is 14.5 Å². The molecule has 0 bridgehead atoms. The molecule has 2 aromatic heterocycles. The minimum Gasteiger partial charge on any atom is -1.00 e. The molecule has 19 nitrogen and oxygen atoms in total. The van der Waals surface area contributed by atoms with Crippen LogP contribution in [0.25, 0.3) is 0 Å². The van der Waals surface area contributed by atoms with Crippen molar-refractivity contribution >= 4 is 83.8 Å². The van der Waals surface area contributed by atoms with Crippen molar-refractivity contribution in [3.8, 4) is 5.75 Å². The van der Waals surface area contributed by atoms with Gasteiger partial charge in [0, 0.05) is 57.1 Å². The summed E-state index contributed by atoms with van der Waals surface area (Å²) < 4.78 is 35.2. The molecule has 24 heteroatoms. The second kappa shape index (κ2) is 22.2. The number of aromatic nitrogens is 3. The van der Waals surface area contributed by atoms with Crippen LogP contribution in [0.15, 0.2) is 64.0 Å². The van der Waals surface area contributed by atoms with E-state index in [0.29, 0.717) is 47.9 Å². The van der Waals surface area contributed by atoms with Crippen molar-refractivity contribution in [3.05, 3.63) is 65.3 Å². The number of halogens is 2. The second-order valence-corrected chi connectivity index (χ2v) is 16.8. The monoisotopic (exact) mass is 1010 g/mol. The van der Waals surface area contributed by atoms with E-state index in [9.17, 15) is 23.6 Å². The molecule has 1 aromatic carbocycles. The fraction of sp³-hybridized carbons (Fsp3) is 0.447. The van der Waals surface area contributed by atoms with Crippen LogP contribution < -0.4 is 49.1 Å². The number of ether oxygens (including phenoxy) is 3. The molecule has 2 unspecified atom stereocenters. The van der Waals surface area contributed by atoms with Gasteiger partial charge in [-0.1, -0.05) is 17.3 Å². The number of nitrogens with one attached hydrogen (secondary N) is 1. The van der Waals surface area contributed by atoms with Gasteiger partial charge in [0.2, 0.25) is 25.9 Å². The average molecular weight is 1010 g/mol. The van der Waals surface area contributed by atoms with Crippen molar-refractivity contribution in [2.75, 3.05) is 64.5 Å². The summed E-state index contributed by atoms with van der Waals surface area (Å²) in [6.07, 6.45) is 3.45. The molecule has 3 amide bonds. The Morgan fingerprint density at radius 3 is 2.52 bits per heavy atom. The first-order chi connectivity index (χ1) is 29.0. The van der Waals surface area contributed by atoms with E-state index in [-0.39, 0.29) is 59.5 Å². The van der Waals surface area contributed by atoms with E-state index in [2.05, 4.69) is 24.7 Å². The van der Waals surface area contributed by atoms with Crippen molar-refractivity contribution in [1.82, 2.24) is 29.4 Å². The highest BCUT2D eigenvalue weighted by Gasteiger charge is 2.55. The number of amides is 3. The number of nitrogens with zero attached hydrogens (tertiary/aromatic N) is 9. The summed E-state index contributed by atoms with van der Waals surface area (Å²) in [5.41, 5.74) is 6.34. The summed E-state index contributed by atoms with van der Waals surface area (Å²) in [5.74, 6) is -1.19. The summed E-state index contributed by atoms with van der Waals surface area (Å²) in [4.78, 5) is 73.3. The maximum Gasteiger partial charge on any atom is 0.410 e. The van der Waals surface area contributed by atoms with Crippen LogP contribution in [0.1, 0.15) is 38.6 Å². The van der Waals surface area contributed by atoms with Gasteiger partial charge >= 0.3 is 17.9 Å². The molecule has 4 heterocycles. The number of hydrogen-bond donors (Lipinski definition) is 2. The number of alkyl halides is 1. The number of aliphatic imine (C=N–C) groups is 1. The number of esters is 1. The van der Waals surface area contributed by atoms with Crippen LogP contribution >= 0.6 is 23.3 Å². The zero-order chi connectivity index (χ0) is 44.4. The Bertz CT molecular complexity index is 2170. The number of carbonyl (C=O) groups excluding carboxylic acids is 4. The first kappa shape index (κ1) is 49.4. The van der Waals surface area contributed by atoms with E-state index in [1.165, 1.54) is 26.4 Å². The quantitative estimate of drug-likeness (QED) is 0.0242. The van der Waals surface area contributed by atoms with Crippen LogP contribution in [-0.4, -0.2) is 139 Å². The van der Waals surface area contributed by atoms with E-state index in [0.717, 1.165) is 11.5 Å². The number of benzene rings is 1. The van der Waals surface area contributed by atoms with Gasteiger partial charge in [0.25, 0.3) is 18.7 Å². The predicted molar refractivity (Wildman–Crippen MR) is 228 cm³/mol. The van der Waals surface area contributed by atoms with Crippen LogP contribution in [0.5, 0.6) is 5.75 Å². The Labute approximate surface area is 385 Å². The summed E-state index contributed by atoms with van der Waals surface area (Å²) in [7, 11) is 13.5. The fourth-order valence-electron chi connectivity index (χ4n) is 5.97. The van der Waals surface area contributed by atoms with Crippen LogP contribution in [0.3, 0.4) is 0 Å². The molecular formula is C38H48BFIN11O8S2. The van der Waals surface area contributed by atoms with Gasteiger partial charge in [-0.15, -0.1) is 11.8 Å². The number of methoxy groups -OCH3 is 1. The third kappa shape index (κ3) is 12.7. The second-order valence-electron chi connectivity index (χ2n) is 14.9. The molecule has 62 heavy (non-hydrogen) atoms. The topological polar surface area (TPSA) is 211 Å². The summed E-state index contributed by atoms with van der Waals surface area (Å²) in [6.45, 7) is 4.77. The van der Waals surface area contributed by atoms with Crippen molar-refractivity contribution < 1.29 is 71.2 Å². The van der Waals surface area contributed by atoms with Gasteiger partial charge < -0.3 is 68.7 Å². The minimum atomic E-state index is -1.33. The zero-order valence-corrected chi connectivity index (χ0v) is 39.0. The highest BCUT2D eigenvalue weighted by atomic mass is 127. The van der Waals surface area contributed by atoms with Crippen molar-refractivity contribution in [2.45, 2.75) is 57.4 Å². The number of oxime groups is 1. The lowest BCUT2D eigenvalue weighted by Gasteiger charge is -2.49. The standard InChI is InChI=1S/C38H47BFN11O8S2.HI/c1-38(2,3)59-37(55)48(6)15-9-17-50(39)26-10-8-16-49(31(26)42-22-47(4)5)18-24-20-60-34-28(43-32(52)27(45-58-21-40)30-44-36(41)61-46-30)33(53)51(34)29(24)35(54)57-19-23-11-13-25(56-7)14-12-23;/h8,10-14,16,22,28,34H,9,15,17-21H2,1-7H3,(H2-,41,43,44,46,52);1H/b45-27-;. The highest BCUT2D eigenvalue weighted by Crippen LogP contribution is 2.41. The third-order valence-corrected chi connectivity index (χ3v) is 10.7. The maximum atomic E-state index is 14.1. The Kier molecular flexibility index (Phi) is 17.7. The van der Waals surface area contributed by atoms with Gasteiger partial charge in [-0.2, -0.15) is 9.36 Å². The molecule has 332 valence electrons. The number of nitrogens with two attached hydrogens (primary N) is 1. The smallest absolute Gasteiger partial charge is 0.410 e. The summed E-state index contributed by atoms with van der Waals surface area (Å²) in [6, 6.07) is 9.45. The normalized spacial score (nSPS) is 16.2. The first-order valence-electron chi connectivity index (χ1n) is 18.8. The molecular weight excluding hydrogens is 959 g/mol. The van der Waals surface area contributed by atoms with Crippen LogP contribution in [0.4, 0.5) is 25.8 Å². The number of carbonyl (C=O) groups is 4. The molecule has 2 atom stereocenters. The number of hydrogen-bond acceptors (Lipinski definition) is 16.